The maximum absolute atomic E-state index is 5.99. The minimum atomic E-state index is -1.06. The molecule has 0 N–H and O–H groups in total. The molecule has 0 spiro atoms. The van der Waals surface area contributed by atoms with Gasteiger partial charge in [-0.05, 0) is 61.3 Å². The van der Waals surface area contributed by atoms with Crippen LogP contribution in [0.4, 0.5) is 0 Å². The van der Waals surface area contributed by atoms with Crippen molar-refractivity contribution in [3.8, 4) is 0 Å². The summed E-state index contributed by atoms with van der Waals surface area (Å²) in [6.45, 7) is 24.3. The third kappa shape index (κ3) is 21.5. The lowest BCUT2D eigenvalue weighted by atomic mass is 9.98. The van der Waals surface area contributed by atoms with E-state index in [2.05, 4.69) is 13.8 Å². The molecule has 1 aliphatic heterocycles. The molecule has 0 aromatic heterocycles. The Morgan fingerprint density at radius 2 is 0.915 bits per heavy atom. The van der Waals surface area contributed by atoms with Gasteiger partial charge in [-0.1, -0.05) is 90.9 Å². The van der Waals surface area contributed by atoms with E-state index in [0.717, 1.165) is 32.3 Å². The number of rotatable bonds is 34. The second-order valence-electron chi connectivity index (χ2n) is 12.1. The molecule has 1 aliphatic rings. The molecule has 0 radical (unpaired) electrons. The van der Waals surface area contributed by atoms with Gasteiger partial charge in [0.15, 0.2) is 0 Å². The number of ether oxygens (including phenoxy) is 9. The van der Waals surface area contributed by atoms with E-state index in [1.807, 2.05) is 48.5 Å². The Bertz CT molecular complexity index is 613. The van der Waals surface area contributed by atoms with E-state index in [1.165, 1.54) is 64.2 Å². The van der Waals surface area contributed by atoms with E-state index >= 15 is 0 Å². The van der Waals surface area contributed by atoms with Gasteiger partial charge in [-0.2, -0.15) is 0 Å². The van der Waals surface area contributed by atoms with Crippen molar-refractivity contribution < 1.29 is 42.6 Å². The molecule has 0 aliphatic carbocycles. The van der Waals surface area contributed by atoms with Crippen LogP contribution in [-0.4, -0.2) is 90.2 Å². The van der Waals surface area contributed by atoms with Gasteiger partial charge in [0, 0.05) is 46.2 Å². The minimum absolute atomic E-state index is 0.0669. The first-order chi connectivity index (χ1) is 22.9. The predicted molar refractivity (Wildman–Crippen MR) is 191 cm³/mol. The van der Waals surface area contributed by atoms with Crippen LogP contribution in [0, 0.1) is 5.92 Å². The molecule has 0 amide bonds. The van der Waals surface area contributed by atoms with E-state index in [9.17, 15) is 0 Å². The molecule has 9 nitrogen and oxygen atoms in total. The SMILES string of the molecule is CCCCCCCCC(COCC1CO1)C(OCC)(OCC)OCC.CCCCCCCCC(OCC)C(OCC)(OCC)OCC. The van der Waals surface area contributed by atoms with E-state index in [1.54, 1.807) is 0 Å². The number of unbranched alkanes of at least 4 members (excludes halogenated alkanes) is 10. The molecule has 9 heteroatoms. The first kappa shape index (κ1) is 46.6. The third-order valence-electron chi connectivity index (χ3n) is 8.09. The van der Waals surface area contributed by atoms with Gasteiger partial charge < -0.3 is 42.6 Å². The monoisotopic (exact) mass is 679 g/mol. The molecule has 0 bridgehead atoms. The molecule has 0 aromatic rings. The van der Waals surface area contributed by atoms with Crippen molar-refractivity contribution in [1.82, 2.24) is 0 Å². The lowest BCUT2D eigenvalue weighted by Gasteiger charge is -2.39. The molecular weight excluding hydrogens is 600 g/mol. The first-order valence-electron chi connectivity index (χ1n) is 19.6. The second kappa shape index (κ2) is 31.6. The molecule has 1 heterocycles. The maximum Gasteiger partial charge on any atom is 0.310 e. The van der Waals surface area contributed by atoms with Gasteiger partial charge in [-0.25, -0.2) is 0 Å². The van der Waals surface area contributed by atoms with E-state index in [4.69, 9.17) is 42.6 Å². The predicted octanol–water partition coefficient (Wildman–Crippen LogP) is 9.44. The van der Waals surface area contributed by atoms with Crippen molar-refractivity contribution in [2.45, 2.75) is 176 Å². The van der Waals surface area contributed by atoms with Crippen molar-refractivity contribution in [2.24, 2.45) is 5.92 Å². The number of epoxide rings is 1. The molecule has 47 heavy (non-hydrogen) atoms. The average molecular weight is 679 g/mol. The standard InChI is InChI=1S/C20H40O5.C18H38O4/c1-5-9-10-11-12-13-14-18(15-21-16-19-17-22-19)20(23-6-2,24-7-3)25-8-4;1-6-11-12-13-14-15-16-17(19-7-2)18(20-8-3,21-9-4)22-10-5/h18-19H,5-17H2,1-4H3;17H,6-16H2,1-5H3. The maximum atomic E-state index is 5.99. The van der Waals surface area contributed by atoms with Gasteiger partial charge in [-0.15, -0.1) is 0 Å². The topological polar surface area (TPSA) is 86.4 Å². The lowest BCUT2D eigenvalue weighted by molar-refractivity contribution is -0.415. The van der Waals surface area contributed by atoms with Crippen molar-refractivity contribution in [3.63, 3.8) is 0 Å². The molecule has 0 aromatic carbocycles. The van der Waals surface area contributed by atoms with Crippen LogP contribution in [0.2, 0.25) is 0 Å². The summed E-state index contributed by atoms with van der Waals surface area (Å²) in [5, 5.41) is 0. The highest BCUT2D eigenvalue weighted by molar-refractivity contribution is 4.75. The zero-order chi connectivity index (χ0) is 35.1. The summed E-state index contributed by atoms with van der Waals surface area (Å²) >= 11 is 0. The van der Waals surface area contributed by atoms with Crippen molar-refractivity contribution in [3.05, 3.63) is 0 Å². The fourth-order valence-electron chi connectivity index (χ4n) is 5.80. The van der Waals surface area contributed by atoms with Gasteiger partial charge in [0.25, 0.3) is 5.97 Å². The highest BCUT2D eigenvalue weighted by Crippen LogP contribution is 2.32. The Labute approximate surface area is 290 Å². The van der Waals surface area contributed by atoms with Gasteiger partial charge in [-0.3, -0.25) is 0 Å². The summed E-state index contributed by atoms with van der Waals surface area (Å²) in [6, 6.07) is 0. The largest absolute Gasteiger partial charge is 0.378 e. The fourth-order valence-corrected chi connectivity index (χ4v) is 5.80. The molecule has 284 valence electrons. The number of hydrogen-bond donors (Lipinski definition) is 0. The molecule has 3 atom stereocenters. The van der Waals surface area contributed by atoms with Crippen LogP contribution in [0.3, 0.4) is 0 Å². The molecular formula is C38H78O9. The zero-order valence-electron chi connectivity index (χ0n) is 32.4. The second-order valence-corrected chi connectivity index (χ2v) is 12.1. The summed E-state index contributed by atoms with van der Waals surface area (Å²) in [6.07, 6.45) is 17.2. The zero-order valence-corrected chi connectivity index (χ0v) is 32.4. The first-order valence-corrected chi connectivity index (χ1v) is 19.6. The quantitative estimate of drug-likeness (QED) is 0.0375. The highest BCUT2D eigenvalue weighted by Gasteiger charge is 2.43. The Morgan fingerprint density at radius 1 is 0.511 bits per heavy atom. The van der Waals surface area contributed by atoms with E-state index in [-0.39, 0.29) is 18.1 Å². The summed E-state index contributed by atoms with van der Waals surface area (Å²) in [5.74, 6) is -1.98. The van der Waals surface area contributed by atoms with Crippen molar-refractivity contribution >= 4 is 0 Å². The van der Waals surface area contributed by atoms with Crippen LogP contribution in [0.1, 0.15) is 152 Å². The minimum Gasteiger partial charge on any atom is -0.378 e. The highest BCUT2D eigenvalue weighted by atomic mass is 16.9. The van der Waals surface area contributed by atoms with Crippen molar-refractivity contribution in [2.75, 3.05) is 66.1 Å². The van der Waals surface area contributed by atoms with Gasteiger partial charge in [0.1, 0.15) is 12.2 Å². The Balaban J connectivity index is 0.000000909. The molecule has 1 fully saturated rings. The summed E-state index contributed by atoms with van der Waals surface area (Å²) in [5.41, 5.74) is 0. The Morgan fingerprint density at radius 3 is 1.32 bits per heavy atom. The summed E-state index contributed by atoms with van der Waals surface area (Å²) < 4.78 is 52.6. The normalized spacial score (nSPS) is 16.1. The van der Waals surface area contributed by atoms with Gasteiger partial charge >= 0.3 is 5.97 Å². The third-order valence-corrected chi connectivity index (χ3v) is 8.09. The van der Waals surface area contributed by atoms with E-state index in [0.29, 0.717) is 59.5 Å². The van der Waals surface area contributed by atoms with Crippen LogP contribution >= 0.6 is 0 Å². The molecule has 0 saturated carbocycles. The van der Waals surface area contributed by atoms with Gasteiger partial charge in [0.2, 0.25) is 0 Å². The number of hydrogen-bond acceptors (Lipinski definition) is 9. The van der Waals surface area contributed by atoms with Crippen LogP contribution in [0.15, 0.2) is 0 Å². The Kier molecular flexibility index (Phi) is 31.4. The van der Waals surface area contributed by atoms with Gasteiger partial charge in [0.05, 0.1) is 25.7 Å². The van der Waals surface area contributed by atoms with Crippen LogP contribution in [0.25, 0.3) is 0 Å². The molecule has 1 rings (SSSR count). The lowest BCUT2D eigenvalue weighted by Crippen LogP contribution is -2.51. The fraction of sp³-hybridized carbons (Fsp3) is 1.00. The average Bonchev–Trinajstić information content (AvgIpc) is 3.88. The Hall–Kier alpha value is -0.360. The molecule has 3 unspecified atom stereocenters. The summed E-state index contributed by atoms with van der Waals surface area (Å²) in [7, 11) is 0. The van der Waals surface area contributed by atoms with E-state index < -0.39 is 11.9 Å². The van der Waals surface area contributed by atoms with Crippen molar-refractivity contribution in [1.29, 1.82) is 0 Å². The van der Waals surface area contributed by atoms with Crippen LogP contribution in [0.5, 0.6) is 0 Å². The van der Waals surface area contributed by atoms with Crippen LogP contribution in [-0.2, 0) is 42.6 Å². The summed E-state index contributed by atoms with van der Waals surface area (Å²) in [4.78, 5) is 0. The molecule has 1 saturated heterocycles. The van der Waals surface area contributed by atoms with Crippen LogP contribution < -0.4 is 0 Å². The smallest absolute Gasteiger partial charge is 0.310 e.